The minimum absolute atomic E-state index is 0.0213. The number of phenolic OH excluding ortho intramolecular Hbond substituents is 4. The Morgan fingerprint density at radius 3 is 0.947 bits per heavy atom. The summed E-state index contributed by atoms with van der Waals surface area (Å²) in [6.45, 7) is 0. The molecule has 1 fully saturated rings. The van der Waals surface area contributed by atoms with Crippen molar-refractivity contribution in [3.05, 3.63) is 115 Å². The number of aromatic hydroxyl groups is 4. The maximum atomic E-state index is 10.2. The smallest absolute Gasteiger partial charge is 0.134 e. The molecule has 0 bridgehead atoms. The van der Waals surface area contributed by atoms with Crippen LogP contribution in [-0.2, 0) is 10.8 Å². The fourth-order valence-corrected chi connectivity index (χ4v) is 6.64. The zero-order chi connectivity index (χ0) is 27.2. The number of hydrogen-bond donors (Lipinski definition) is 4. The monoisotopic (exact) mass is 588 g/mol. The van der Waals surface area contributed by atoms with Crippen LogP contribution in [-0.4, -0.2) is 20.4 Å². The van der Waals surface area contributed by atoms with Crippen molar-refractivity contribution >= 4 is 46.4 Å². The highest BCUT2D eigenvalue weighted by Gasteiger charge is 2.49. The number of benzene rings is 4. The first-order valence-electron chi connectivity index (χ1n) is 12.0. The molecule has 0 radical (unpaired) electrons. The quantitative estimate of drug-likeness (QED) is 0.191. The molecule has 0 aromatic heterocycles. The maximum absolute atomic E-state index is 10.2. The molecule has 0 unspecified atom stereocenters. The van der Waals surface area contributed by atoms with Gasteiger partial charge in [0.05, 0.1) is 20.1 Å². The highest BCUT2D eigenvalue weighted by atomic mass is 35.5. The van der Waals surface area contributed by atoms with E-state index in [-0.39, 0.29) is 43.1 Å². The molecule has 1 aliphatic rings. The molecule has 4 nitrogen and oxygen atoms in total. The molecule has 0 saturated heterocycles. The predicted octanol–water partition coefficient (Wildman–Crippen LogP) is 8.97. The second-order valence-corrected chi connectivity index (χ2v) is 11.5. The van der Waals surface area contributed by atoms with Crippen LogP contribution in [0.1, 0.15) is 47.9 Å². The van der Waals surface area contributed by atoms with E-state index in [0.717, 1.165) is 41.5 Å². The summed E-state index contributed by atoms with van der Waals surface area (Å²) in [5, 5.41) is 41.6. The van der Waals surface area contributed by atoms with Crippen molar-refractivity contribution in [3.63, 3.8) is 0 Å². The average Bonchev–Trinajstić information content (AvgIpc) is 2.90. The summed E-state index contributed by atoms with van der Waals surface area (Å²) in [6, 6.07) is 20.8. The maximum Gasteiger partial charge on any atom is 0.134 e. The average molecular weight is 590 g/mol. The van der Waals surface area contributed by atoms with Gasteiger partial charge in [0.1, 0.15) is 23.0 Å². The molecule has 38 heavy (non-hydrogen) atoms. The predicted molar refractivity (Wildman–Crippen MR) is 152 cm³/mol. The Morgan fingerprint density at radius 1 is 0.447 bits per heavy atom. The molecule has 0 aliphatic heterocycles. The number of halogens is 4. The molecule has 4 aromatic rings. The van der Waals surface area contributed by atoms with Crippen molar-refractivity contribution in [1.82, 2.24) is 0 Å². The zero-order valence-corrected chi connectivity index (χ0v) is 23.1. The Morgan fingerprint density at radius 2 is 0.711 bits per heavy atom. The Balaban J connectivity index is 1.81. The van der Waals surface area contributed by atoms with Gasteiger partial charge in [-0.05, 0) is 90.0 Å². The van der Waals surface area contributed by atoms with Gasteiger partial charge in [0.2, 0.25) is 0 Å². The van der Waals surface area contributed by atoms with Crippen LogP contribution in [0.3, 0.4) is 0 Å². The van der Waals surface area contributed by atoms with Gasteiger partial charge >= 0.3 is 0 Å². The third kappa shape index (κ3) is 4.54. The molecule has 5 rings (SSSR count). The topological polar surface area (TPSA) is 80.9 Å². The summed E-state index contributed by atoms with van der Waals surface area (Å²) in [5.41, 5.74) is 2.20. The second-order valence-electron chi connectivity index (χ2n) is 9.86. The van der Waals surface area contributed by atoms with Gasteiger partial charge in [-0.25, -0.2) is 0 Å². The highest BCUT2D eigenvalue weighted by Crippen LogP contribution is 2.57. The molecule has 8 heteroatoms. The highest BCUT2D eigenvalue weighted by molar-refractivity contribution is 6.33. The Labute approximate surface area is 240 Å². The van der Waals surface area contributed by atoms with Crippen LogP contribution in [0.25, 0.3) is 0 Å². The van der Waals surface area contributed by atoms with Crippen LogP contribution in [0.2, 0.25) is 20.1 Å². The van der Waals surface area contributed by atoms with Gasteiger partial charge in [0.25, 0.3) is 0 Å². The van der Waals surface area contributed by atoms with E-state index in [9.17, 15) is 20.4 Å². The van der Waals surface area contributed by atoms with Crippen molar-refractivity contribution in [2.24, 2.45) is 0 Å². The summed E-state index contributed by atoms with van der Waals surface area (Å²) in [4.78, 5) is 0. The van der Waals surface area contributed by atoms with Crippen molar-refractivity contribution in [2.75, 3.05) is 0 Å². The Bertz CT molecular complexity index is 1320. The van der Waals surface area contributed by atoms with Crippen molar-refractivity contribution in [1.29, 1.82) is 0 Å². The Kier molecular flexibility index (Phi) is 7.12. The number of phenols is 4. The molecule has 0 atom stereocenters. The molecule has 0 heterocycles. The molecule has 1 aliphatic carbocycles. The number of rotatable bonds is 4. The molecule has 1 saturated carbocycles. The van der Waals surface area contributed by atoms with E-state index in [2.05, 4.69) is 0 Å². The summed E-state index contributed by atoms with van der Waals surface area (Å²) in [6.07, 6.45) is 2.75. The lowest BCUT2D eigenvalue weighted by Gasteiger charge is -2.50. The summed E-state index contributed by atoms with van der Waals surface area (Å²) >= 11 is 25.7. The molecular weight excluding hydrogens is 566 g/mol. The van der Waals surface area contributed by atoms with Crippen LogP contribution in [0, 0.1) is 0 Å². The molecular formula is C30H24Cl4O4. The van der Waals surface area contributed by atoms with Gasteiger partial charge in [-0.15, -0.1) is 0 Å². The minimum Gasteiger partial charge on any atom is -0.506 e. The number of hydrogen-bond acceptors (Lipinski definition) is 4. The molecule has 196 valence electrons. The van der Waals surface area contributed by atoms with E-state index in [4.69, 9.17) is 46.4 Å². The van der Waals surface area contributed by atoms with Crippen molar-refractivity contribution < 1.29 is 20.4 Å². The van der Waals surface area contributed by atoms with Crippen LogP contribution >= 0.6 is 46.4 Å². The standard InChI is InChI=1S/C30H24Cl4O4/c31-21-12-17(2-6-25(21)35)29(18-3-7-26(36)22(32)13-18)10-1-11-30(16-29,19-4-8-27(37)23(33)14-19)20-5-9-28(38)24(34)15-20/h2-9,12-15,35-38H,1,10-11,16H2. The zero-order valence-electron chi connectivity index (χ0n) is 20.1. The van der Waals surface area contributed by atoms with Crippen LogP contribution in [0.5, 0.6) is 23.0 Å². The van der Waals surface area contributed by atoms with Crippen LogP contribution in [0.4, 0.5) is 0 Å². The van der Waals surface area contributed by atoms with Gasteiger partial charge in [-0.2, -0.15) is 0 Å². The molecule has 4 aromatic carbocycles. The van der Waals surface area contributed by atoms with E-state index in [1.807, 2.05) is 24.3 Å². The Hall–Kier alpha value is -2.76. The summed E-state index contributed by atoms with van der Waals surface area (Å²) < 4.78 is 0. The fourth-order valence-electron chi connectivity index (χ4n) is 5.92. The third-order valence-electron chi connectivity index (χ3n) is 7.81. The van der Waals surface area contributed by atoms with Gasteiger partial charge in [0.15, 0.2) is 0 Å². The van der Waals surface area contributed by atoms with Crippen molar-refractivity contribution in [2.45, 2.75) is 36.5 Å². The lowest BCUT2D eigenvalue weighted by Crippen LogP contribution is -2.43. The van der Waals surface area contributed by atoms with Crippen molar-refractivity contribution in [3.8, 4) is 23.0 Å². The largest absolute Gasteiger partial charge is 0.506 e. The first kappa shape index (κ1) is 26.8. The summed E-state index contributed by atoms with van der Waals surface area (Å²) in [5.74, 6) is -0.0851. The lowest BCUT2D eigenvalue weighted by atomic mass is 9.53. The van der Waals surface area contributed by atoms with Gasteiger partial charge in [0, 0.05) is 10.8 Å². The van der Waals surface area contributed by atoms with Gasteiger partial charge in [-0.1, -0.05) is 77.1 Å². The molecule has 0 spiro atoms. The first-order valence-corrected chi connectivity index (χ1v) is 13.5. The van der Waals surface area contributed by atoms with Crippen LogP contribution < -0.4 is 0 Å². The van der Waals surface area contributed by atoms with E-state index in [0.29, 0.717) is 6.42 Å². The minimum atomic E-state index is -0.651. The van der Waals surface area contributed by atoms with Gasteiger partial charge < -0.3 is 20.4 Å². The van der Waals surface area contributed by atoms with E-state index in [1.54, 1.807) is 48.5 Å². The van der Waals surface area contributed by atoms with Gasteiger partial charge in [-0.3, -0.25) is 0 Å². The van der Waals surface area contributed by atoms with E-state index >= 15 is 0 Å². The lowest BCUT2D eigenvalue weighted by molar-refractivity contribution is 0.247. The van der Waals surface area contributed by atoms with Crippen LogP contribution in [0.15, 0.2) is 72.8 Å². The SMILES string of the molecule is Oc1ccc(C2(c3ccc(O)c(Cl)c3)CCCC(c3ccc(O)c(Cl)c3)(c3ccc(O)c(Cl)c3)C2)cc1Cl. The summed E-state index contributed by atoms with van der Waals surface area (Å²) in [7, 11) is 0. The molecule has 4 N–H and O–H groups in total. The fraction of sp³-hybridized carbons (Fsp3) is 0.200. The normalized spacial score (nSPS) is 16.3. The van der Waals surface area contributed by atoms with E-state index < -0.39 is 10.8 Å². The second kappa shape index (κ2) is 10.1. The first-order chi connectivity index (χ1) is 18.1. The third-order valence-corrected chi connectivity index (χ3v) is 9.02. The van der Waals surface area contributed by atoms with E-state index in [1.165, 1.54) is 0 Å². The molecule has 0 amide bonds.